The lowest BCUT2D eigenvalue weighted by molar-refractivity contribution is 0.391. The van der Waals surface area contributed by atoms with Crippen LogP contribution in [-0.2, 0) is 11.5 Å². The third-order valence-electron chi connectivity index (χ3n) is 2.77. The first-order valence-corrected chi connectivity index (χ1v) is 7.40. The van der Waals surface area contributed by atoms with Crippen LogP contribution in [-0.4, -0.2) is 32.4 Å². The number of H-pyrrole nitrogens is 1. The first-order valence-electron chi connectivity index (χ1n) is 6.25. The average molecular weight is 303 g/mol. The molecule has 0 aliphatic rings. The minimum Gasteiger partial charge on any atom is -0.496 e. The number of hydrogen-bond donors (Lipinski definition) is 1. The van der Waals surface area contributed by atoms with Gasteiger partial charge >= 0.3 is 0 Å². The van der Waals surface area contributed by atoms with E-state index in [2.05, 4.69) is 25.3 Å². The van der Waals surface area contributed by atoms with Crippen molar-refractivity contribution in [3.05, 3.63) is 42.0 Å². The van der Waals surface area contributed by atoms with E-state index in [1.54, 1.807) is 18.9 Å². The Morgan fingerprint density at radius 1 is 1.29 bits per heavy atom. The van der Waals surface area contributed by atoms with Gasteiger partial charge in [-0.25, -0.2) is 4.98 Å². The normalized spacial score (nSPS) is 10.7. The van der Waals surface area contributed by atoms with Gasteiger partial charge < -0.3 is 9.26 Å². The first kappa shape index (κ1) is 13.6. The maximum absolute atomic E-state index is 5.32. The van der Waals surface area contributed by atoms with Gasteiger partial charge in [0.1, 0.15) is 12.1 Å². The topological polar surface area (TPSA) is 89.7 Å². The molecule has 0 atom stereocenters. The number of ether oxygens (including phenoxy) is 1. The maximum atomic E-state index is 5.32. The Balaban J connectivity index is 1.58. The quantitative estimate of drug-likeness (QED) is 0.747. The summed E-state index contributed by atoms with van der Waals surface area (Å²) >= 11 is 1.68. The average Bonchev–Trinajstić information content (AvgIpc) is 3.18. The zero-order chi connectivity index (χ0) is 14.5. The number of nitrogens with one attached hydrogen (secondary N) is 1. The fraction of sp³-hybridized carbons (Fsp3) is 0.231. The summed E-state index contributed by atoms with van der Waals surface area (Å²) in [5, 5.41) is 10.3. The van der Waals surface area contributed by atoms with Gasteiger partial charge in [0.05, 0.1) is 12.9 Å². The molecule has 21 heavy (non-hydrogen) atoms. The van der Waals surface area contributed by atoms with Crippen LogP contribution in [0.2, 0.25) is 0 Å². The van der Waals surface area contributed by atoms with Crippen LogP contribution < -0.4 is 4.74 Å². The van der Waals surface area contributed by atoms with Crippen molar-refractivity contribution in [2.24, 2.45) is 0 Å². The third kappa shape index (κ3) is 3.22. The number of aromatic nitrogens is 5. The molecule has 0 amide bonds. The molecule has 108 valence electrons. The van der Waals surface area contributed by atoms with Crippen LogP contribution in [0, 0.1) is 0 Å². The van der Waals surface area contributed by atoms with Gasteiger partial charge in [0.15, 0.2) is 5.82 Å². The Morgan fingerprint density at radius 2 is 2.19 bits per heavy atom. The summed E-state index contributed by atoms with van der Waals surface area (Å²) < 4.78 is 10.5. The van der Waals surface area contributed by atoms with Crippen molar-refractivity contribution < 1.29 is 9.26 Å². The number of hydrogen-bond acceptors (Lipinski definition) is 7. The van der Waals surface area contributed by atoms with Crippen LogP contribution >= 0.6 is 11.8 Å². The molecule has 0 bridgehead atoms. The Labute approximate surface area is 125 Å². The van der Waals surface area contributed by atoms with E-state index in [4.69, 9.17) is 9.26 Å². The summed E-state index contributed by atoms with van der Waals surface area (Å²) in [6.45, 7) is 0. The Morgan fingerprint density at radius 3 is 3.00 bits per heavy atom. The van der Waals surface area contributed by atoms with Crippen molar-refractivity contribution >= 4 is 11.8 Å². The molecule has 0 saturated carbocycles. The highest BCUT2D eigenvalue weighted by molar-refractivity contribution is 7.97. The minimum absolute atomic E-state index is 0.417. The molecule has 7 nitrogen and oxygen atoms in total. The van der Waals surface area contributed by atoms with Gasteiger partial charge in [-0.1, -0.05) is 23.4 Å². The molecule has 0 unspecified atom stereocenters. The Bertz CT molecular complexity index is 698. The molecule has 8 heteroatoms. The number of aromatic amines is 1. The van der Waals surface area contributed by atoms with Gasteiger partial charge in [-0.05, 0) is 6.07 Å². The molecule has 0 fully saturated rings. The van der Waals surface area contributed by atoms with Crippen molar-refractivity contribution in [2.75, 3.05) is 7.11 Å². The van der Waals surface area contributed by atoms with Crippen LogP contribution in [0.1, 0.15) is 11.5 Å². The molecule has 1 N–H and O–H groups in total. The van der Waals surface area contributed by atoms with E-state index in [9.17, 15) is 0 Å². The Kier molecular flexibility index (Phi) is 4.15. The summed E-state index contributed by atoms with van der Waals surface area (Å²) in [5.74, 6) is 3.79. The van der Waals surface area contributed by atoms with Crippen molar-refractivity contribution in [1.29, 1.82) is 0 Å². The molecule has 3 rings (SSSR count). The van der Waals surface area contributed by atoms with E-state index in [1.807, 2.05) is 24.3 Å². The lowest BCUT2D eigenvalue weighted by atomic mass is 10.2. The fourth-order valence-corrected chi connectivity index (χ4v) is 2.65. The Hall–Kier alpha value is -2.35. The monoisotopic (exact) mass is 303 g/mol. The number of thioether (sulfide) groups is 1. The van der Waals surface area contributed by atoms with Crippen LogP contribution in [0.5, 0.6) is 5.75 Å². The molecule has 0 saturated heterocycles. The minimum atomic E-state index is 0.417. The maximum Gasteiger partial charge on any atom is 0.239 e. The van der Waals surface area contributed by atoms with Crippen molar-refractivity contribution in [1.82, 2.24) is 25.3 Å². The number of rotatable bonds is 6. The molecular formula is C13H13N5O2S. The molecule has 0 spiro atoms. The highest BCUT2D eigenvalue weighted by Gasteiger charge is 2.11. The zero-order valence-corrected chi connectivity index (χ0v) is 12.1. The highest BCUT2D eigenvalue weighted by Crippen LogP contribution is 2.24. The first-order chi connectivity index (χ1) is 10.4. The lowest BCUT2D eigenvalue weighted by Gasteiger charge is -2.06. The van der Waals surface area contributed by atoms with Crippen LogP contribution in [0.4, 0.5) is 0 Å². The summed E-state index contributed by atoms with van der Waals surface area (Å²) in [6.07, 6.45) is 1.40. The van der Waals surface area contributed by atoms with E-state index in [0.29, 0.717) is 23.3 Å². The molecule has 0 aliphatic carbocycles. The molecule has 0 aliphatic heterocycles. The second kappa shape index (κ2) is 6.40. The van der Waals surface area contributed by atoms with Gasteiger partial charge in [0, 0.05) is 11.3 Å². The molecule has 2 heterocycles. The number of benzene rings is 1. The van der Waals surface area contributed by atoms with Crippen LogP contribution in [0.25, 0.3) is 11.6 Å². The SMILES string of the molecule is COc1ccccc1CSCc1nc(-c2ncn[nH]2)no1. The van der Waals surface area contributed by atoms with Gasteiger partial charge in [0.2, 0.25) is 11.7 Å². The van der Waals surface area contributed by atoms with E-state index in [0.717, 1.165) is 17.1 Å². The van der Waals surface area contributed by atoms with Crippen molar-refractivity contribution in [3.63, 3.8) is 0 Å². The molecule has 0 radical (unpaired) electrons. The second-order valence-electron chi connectivity index (χ2n) is 4.15. The van der Waals surface area contributed by atoms with Crippen molar-refractivity contribution in [2.45, 2.75) is 11.5 Å². The summed E-state index contributed by atoms with van der Waals surface area (Å²) in [5.41, 5.74) is 1.14. The van der Waals surface area contributed by atoms with Crippen LogP contribution in [0.15, 0.2) is 35.1 Å². The van der Waals surface area contributed by atoms with E-state index >= 15 is 0 Å². The van der Waals surface area contributed by atoms with Gasteiger partial charge in [-0.2, -0.15) is 10.1 Å². The molecule has 3 aromatic rings. The van der Waals surface area contributed by atoms with Gasteiger partial charge in [-0.3, -0.25) is 5.10 Å². The lowest BCUT2D eigenvalue weighted by Crippen LogP contribution is -1.90. The predicted molar refractivity (Wildman–Crippen MR) is 77.7 cm³/mol. The largest absolute Gasteiger partial charge is 0.496 e. The van der Waals surface area contributed by atoms with E-state index < -0.39 is 0 Å². The summed E-state index contributed by atoms with van der Waals surface area (Å²) in [6, 6.07) is 7.94. The van der Waals surface area contributed by atoms with Crippen molar-refractivity contribution in [3.8, 4) is 17.4 Å². The van der Waals surface area contributed by atoms with Gasteiger partial charge in [-0.15, -0.1) is 11.8 Å². The molecular weight excluding hydrogens is 290 g/mol. The zero-order valence-electron chi connectivity index (χ0n) is 11.3. The standard InChI is InChI=1S/C13H13N5O2S/c1-19-10-5-3-2-4-9(10)6-21-7-11-16-13(18-20-11)12-14-8-15-17-12/h2-5,8H,6-7H2,1H3,(H,14,15,17). The third-order valence-corrected chi connectivity index (χ3v) is 3.74. The molecule has 2 aromatic heterocycles. The predicted octanol–water partition coefficient (Wildman–Crippen LogP) is 2.30. The van der Waals surface area contributed by atoms with Gasteiger partial charge in [0.25, 0.3) is 0 Å². The van der Waals surface area contributed by atoms with E-state index in [1.165, 1.54) is 6.33 Å². The fourth-order valence-electron chi connectivity index (χ4n) is 1.79. The van der Waals surface area contributed by atoms with Crippen LogP contribution in [0.3, 0.4) is 0 Å². The second-order valence-corrected chi connectivity index (χ2v) is 5.14. The summed E-state index contributed by atoms with van der Waals surface area (Å²) in [7, 11) is 1.67. The number of methoxy groups -OCH3 is 1. The highest BCUT2D eigenvalue weighted by atomic mass is 32.2. The number of para-hydroxylation sites is 1. The van der Waals surface area contributed by atoms with E-state index in [-0.39, 0.29) is 0 Å². The molecule has 1 aromatic carbocycles. The smallest absolute Gasteiger partial charge is 0.239 e. The summed E-state index contributed by atoms with van der Waals surface area (Å²) in [4.78, 5) is 8.24. The number of nitrogens with zero attached hydrogens (tertiary/aromatic N) is 4.